The molecule has 0 radical (unpaired) electrons. The van der Waals surface area contributed by atoms with Crippen LogP contribution in [0.5, 0.6) is 5.75 Å². The Morgan fingerprint density at radius 1 is 1.10 bits per heavy atom. The van der Waals surface area contributed by atoms with E-state index in [-0.39, 0.29) is 17.0 Å². The van der Waals surface area contributed by atoms with Crippen molar-refractivity contribution in [1.82, 2.24) is 4.72 Å². The summed E-state index contributed by atoms with van der Waals surface area (Å²) in [5.41, 5.74) is -0.0629. The van der Waals surface area contributed by atoms with Crippen LogP contribution in [0, 0.1) is 11.6 Å². The lowest BCUT2D eigenvalue weighted by Gasteiger charge is -2.08. The topological polar surface area (TPSA) is 55.4 Å². The van der Waals surface area contributed by atoms with Gasteiger partial charge in [0.05, 0.1) is 12.0 Å². The third kappa shape index (κ3) is 3.77. The number of nitrogens with one attached hydrogen (secondary N) is 1. The van der Waals surface area contributed by atoms with Crippen molar-refractivity contribution in [2.24, 2.45) is 0 Å². The summed E-state index contributed by atoms with van der Waals surface area (Å²) < 4.78 is 57.7. The van der Waals surface area contributed by atoms with E-state index < -0.39 is 21.7 Å². The van der Waals surface area contributed by atoms with Crippen molar-refractivity contribution in [2.45, 2.75) is 11.4 Å². The summed E-state index contributed by atoms with van der Waals surface area (Å²) in [5, 5.41) is 0. The van der Waals surface area contributed by atoms with Gasteiger partial charge in [0.15, 0.2) is 0 Å². The second-order valence-corrected chi connectivity index (χ2v) is 6.00. The minimum Gasteiger partial charge on any atom is -0.497 e. The first-order chi connectivity index (χ1) is 9.92. The Labute approximate surface area is 121 Å². The van der Waals surface area contributed by atoms with Gasteiger partial charge in [0.25, 0.3) is 0 Å². The second-order valence-electron chi connectivity index (χ2n) is 4.24. The number of ether oxygens (including phenoxy) is 1. The lowest BCUT2D eigenvalue weighted by Crippen LogP contribution is -2.23. The summed E-state index contributed by atoms with van der Waals surface area (Å²) in [6.07, 6.45) is 0. The lowest BCUT2D eigenvalue weighted by atomic mass is 10.2. The van der Waals surface area contributed by atoms with E-state index in [1.807, 2.05) is 0 Å². The average Bonchev–Trinajstić information content (AvgIpc) is 2.48. The normalized spacial score (nSPS) is 11.4. The van der Waals surface area contributed by atoms with E-state index in [1.165, 1.54) is 31.4 Å². The maximum atomic E-state index is 13.4. The van der Waals surface area contributed by atoms with Gasteiger partial charge in [-0.05, 0) is 42.5 Å². The van der Waals surface area contributed by atoms with Crippen LogP contribution in [0.2, 0.25) is 0 Å². The minimum absolute atomic E-state index is 0.0140. The Morgan fingerprint density at radius 2 is 1.76 bits per heavy atom. The van der Waals surface area contributed by atoms with Gasteiger partial charge < -0.3 is 4.74 Å². The molecule has 0 saturated carbocycles. The zero-order valence-electron chi connectivity index (χ0n) is 11.1. The standard InChI is InChI=1S/C14H13F2NO3S/c1-20-12-3-5-13(6-4-12)21(18,19)17-9-10-8-11(15)2-7-14(10)16/h2-8,17H,9H2,1H3. The van der Waals surface area contributed by atoms with Crippen LogP contribution in [0.1, 0.15) is 5.56 Å². The van der Waals surface area contributed by atoms with Gasteiger partial charge in [-0.1, -0.05) is 0 Å². The van der Waals surface area contributed by atoms with E-state index in [0.717, 1.165) is 18.2 Å². The van der Waals surface area contributed by atoms with E-state index in [4.69, 9.17) is 4.74 Å². The van der Waals surface area contributed by atoms with E-state index in [2.05, 4.69) is 4.72 Å². The van der Waals surface area contributed by atoms with E-state index >= 15 is 0 Å². The first kappa shape index (κ1) is 15.4. The van der Waals surface area contributed by atoms with E-state index in [1.54, 1.807) is 0 Å². The molecule has 0 spiro atoms. The molecule has 0 bridgehead atoms. The Hall–Kier alpha value is -1.99. The van der Waals surface area contributed by atoms with Crippen molar-refractivity contribution in [1.29, 1.82) is 0 Å². The van der Waals surface area contributed by atoms with Crippen LogP contribution < -0.4 is 9.46 Å². The average molecular weight is 313 g/mol. The summed E-state index contributed by atoms with van der Waals surface area (Å²) in [6, 6.07) is 8.59. The molecule has 0 aliphatic heterocycles. The molecule has 2 aromatic rings. The highest BCUT2D eigenvalue weighted by Gasteiger charge is 2.15. The van der Waals surface area contributed by atoms with Crippen LogP contribution in [0.15, 0.2) is 47.4 Å². The molecule has 0 amide bonds. The Bertz CT molecular complexity index is 730. The largest absolute Gasteiger partial charge is 0.497 e. The predicted molar refractivity (Wildman–Crippen MR) is 73.4 cm³/mol. The highest BCUT2D eigenvalue weighted by atomic mass is 32.2. The number of benzene rings is 2. The summed E-state index contributed by atoms with van der Waals surface area (Å²) in [4.78, 5) is 0.0140. The molecule has 0 fully saturated rings. The predicted octanol–water partition coefficient (Wildman–Crippen LogP) is 2.45. The zero-order valence-corrected chi connectivity index (χ0v) is 12.0. The molecule has 0 unspecified atom stereocenters. The third-order valence-electron chi connectivity index (χ3n) is 2.83. The van der Waals surface area contributed by atoms with Gasteiger partial charge in [-0.2, -0.15) is 0 Å². The highest BCUT2D eigenvalue weighted by molar-refractivity contribution is 7.89. The molecule has 4 nitrogen and oxygen atoms in total. The first-order valence-electron chi connectivity index (χ1n) is 6.00. The number of rotatable bonds is 5. The number of hydrogen-bond acceptors (Lipinski definition) is 3. The lowest BCUT2D eigenvalue weighted by molar-refractivity contribution is 0.414. The number of methoxy groups -OCH3 is 1. The molecule has 112 valence electrons. The van der Waals surface area contributed by atoms with Crippen molar-refractivity contribution in [3.63, 3.8) is 0 Å². The maximum absolute atomic E-state index is 13.4. The number of hydrogen-bond donors (Lipinski definition) is 1. The molecule has 2 aromatic carbocycles. The molecule has 1 N–H and O–H groups in total. The summed E-state index contributed by atoms with van der Waals surface area (Å²) in [5.74, 6) is -0.783. The molecule has 0 aliphatic carbocycles. The molecular weight excluding hydrogens is 300 g/mol. The van der Waals surface area contributed by atoms with Crippen LogP contribution in [-0.4, -0.2) is 15.5 Å². The van der Waals surface area contributed by atoms with Gasteiger partial charge in [-0.15, -0.1) is 0 Å². The van der Waals surface area contributed by atoms with Crippen molar-refractivity contribution < 1.29 is 21.9 Å². The summed E-state index contributed by atoms with van der Waals surface area (Å²) in [7, 11) is -2.34. The van der Waals surface area contributed by atoms with E-state index in [9.17, 15) is 17.2 Å². The molecule has 21 heavy (non-hydrogen) atoms. The van der Waals surface area contributed by atoms with Gasteiger partial charge in [0.1, 0.15) is 17.4 Å². The molecule has 0 aromatic heterocycles. The van der Waals surface area contributed by atoms with Crippen LogP contribution in [0.3, 0.4) is 0 Å². The summed E-state index contributed by atoms with van der Waals surface area (Å²) >= 11 is 0. The number of halogens is 2. The van der Waals surface area contributed by atoms with Crippen molar-refractivity contribution in [2.75, 3.05) is 7.11 Å². The Balaban J connectivity index is 2.15. The molecule has 0 heterocycles. The molecule has 0 atom stereocenters. The number of sulfonamides is 1. The van der Waals surface area contributed by atoms with Crippen molar-refractivity contribution in [3.05, 3.63) is 59.7 Å². The Kier molecular flexibility index (Phi) is 4.54. The highest BCUT2D eigenvalue weighted by Crippen LogP contribution is 2.16. The van der Waals surface area contributed by atoms with Gasteiger partial charge in [0, 0.05) is 12.1 Å². The fraction of sp³-hybridized carbons (Fsp3) is 0.143. The Morgan fingerprint density at radius 3 is 2.38 bits per heavy atom. The summed E-state index contributed by atoms with van der Waals surface area (Å²) in [6.45, 7) is -0.335. The quantitative estimate of drug-likeness (QED) is 0.922. The van der Waals surface area contributed by atoms with E-state index in [0.29, 0.717) is 5.75 Å². The van der Waals surface area contributed by atoms with Crippen LogP contribution in [0.25, 0.3) is 0 Å². The SMILES string of the molecule is COc1ccc(S(=O)(=O)NCc2cc(F)ccc2F)cc1. The monoisotopic (exact) mass is 313 g/mol. The zero-order chi connectivity index (χ0) is 15.5. The van der Waals surface area contributed by atoms with Crippen LogP contribution >= 0.6 is 0 Å². The van der Waals surface area contributed by atoms with Gasteiger partial charge in [0.2, 0.25) is 10.0 Å². The van der Waals surface area contributed by atoms with Gasteiger partial charge in [-0.3, -0.25) is 0 Å². The van der Waals surface area contributed by atoms with Crippen molar-refractivity contribution in [3.8, 4) is 5.75 Å². The maximum Gasteiger partial charge on any atom is 0.240 e. The third-order valence-corrected chi connectivity index (χ3v) is 4.25. The van der Waals surface area contributed by atoms with Gasteiger partial charge >= 0.3 is 0 Å². The molecule has 2 rings (SSSR count). The second kappa shape index (κ2) is 6.19. The molecular formula is C14H13F2NO3S. The fourth-order valence-electron chi connectivity index (χ4n) is 1.69. The smallest absolute Gasteiger partial charge is 0.240 e. The fourth-order valence-corrected chi connectivity index (χ4v) is 2.70. The molecule has 0 saturated heterocycles. The van der Waals surface area contributed by atoms with Crippen LogP contribution in [-0.2, 0) is 16.6 Å². The molecule has 0 aliphatic rings. The minimum atomic E-state index is -3.81. The van der Waals surface area contributed by atoms with Gasteiger partial charge in [-0.25, -0.2) is 21.9 Å². The first-order valence-corrected chi connectivity index (χ1v) is 7.48. The molecule has 7 heteroatoms. The van der Waals surface area contributed by atoms with Crippen LogP contribution in [0.4, 0.5) is 8.78 Å². The van der Waals surface area contributed by atoms with Crippen molar-refractivity contribution >= 4 is 10.0 Å².